The first-order chi connectivity index (χ1) is 8.91. The highest BCUT2D eigenvalue weighted by Crippen LogP contribution is 2.33. The van der Waals surface area contributed by atoms with Crippen molar-refractivity contribution in [1.29, 1.82) is 5.26 Å². The van der Waals surface area contributed by atoms with Crippen LogP contribution in [0.3, 0.4) is 0 Å². The van der Waals surface area contributed by atoms with E-state index in [-0.39, 0.29) is 11.4 Å². The molecule has 0 radical (unpaired) electrons. The molecule has 5 heteroatoms. The number of fused-ring (bicyclic) bond motifs is 1. The average Bonchev–Trinajstić information content (AvgIpc) is 2.36. The van der Waals surface area contributed by atoms with Gasteiger partial charge in [0, 0.05) is 23.4 Å². The molecule has 1 heterocycles. The summed E-state index contributed by atoms with van der Waals surface area (Å²) in [6, 6.07) is 9.29. The second-order valence-electron chi connectivity index (χ2n) is 4.41. The van der Waals surface area contributed by atoms with Gasteiger partial charge < -0.3 is 0 Å². The second-order valence-corrected chi connectivity index (χ2v) is 4.41. The van der Waals surface area contributed by atoms with Gasteiger partial charge in [0.25, 0.3) is 0 Å². The maximum atomic E-state index is 12.9. The molecule has 1 atom stereocenters. The number of hydrogen-bond acceptors (Lipinski definition) is 2. The molecule has 98 valence electrons. The van der Waals surface area contributed by atoms with Crippen LogP contribution >= 0.6 is 0 Å². The molecule has 0 bridgehead atoms. The molecule has 1 aromatic carbocycles. The van der Waals surface area contributed by atoms with Crippen LogP contribution < -0.4 is 0 Å². The number of halogens is 3. The summed E-state index contributed by atoms with van der Waals surface area (Å²) in [5, 5.41) is 9.18. The first-order valence-corrected chi connectivity index (χ1v) is 5.77. The Morgan fingerprint density at radius 3 is 2.63 bits per heavy atom. The molecular weight excluding hydrogens is 253 g/mol. The Labute approximate surface area is 108 Å². The molecule has 19 heavy (non-hydrogen) atoms. The Bertz CT molecular complexity index is 641. The molecular formula is C14H11F3N2. The van der Waals surface area contributed by atoms with E-state index >= 15 is 0 Å². The molecule has 0 fully saturated rings. The summed E-state index contributed by atoms with van der Waals surface area (Å²) in [6.07, 6.45) is -4.08. The smallest absolute Gasteiger partial charge is 0.252 e. The predicted molar refractivity (Wildman–Crippen MR) is 65.2 cm³/mol. The molecule has 0 aliphatic rings. The van der Waals surface area contributed by atoms with Crippen molar-refractivity contribution in [3.8, 4) is 6.07 Å². The molecule has 2 rings (SSSR count). The van der Waals surface area contributed by atoms with Crippen molar-refractivity contribution in [1.82, 2.24) is 4.98 Å². The molecule has 2 nitrogen and oxygen atoms in total. The van der Waals surface area contributed by atoms with E-state index in [9.17, 15) is 13.2 Å². The van der Waals surface area contributed by atoms with E-state index in [1.807, 2.05) is 6.07 Å². The van der Waals surface area contributed by atoms with Crippen LogP contribution in [-0.2, 0) is 12.6 Å². The fourth-order valence-corrected chi connectivity index (χ4v) is 1.89. The van der Waals surface area contributed by atoms with Crippen LogP contribution in [0, 0.1) is 17.2 Å². The lowest BCUT2D eigenvalue weighted by Crippen LogP contribution is -2.07. The lowest BCUT2D eigenvalue weighted by atomic mass is 10.0. The normalized spacial score (nSPS) is 13.2. The quantitative estimate of drug-likeness (QED) is 0.823. The van der Waals surface area contributed by atoms with Gasteiger partial charge in [-0.25, -0.2) is 0 Å². The van der Waals surface area contributed by atoms with Gasteiger partial charge in [-0.1, -0.05) is 18.2 Å². The zero-order chi connectivity index (χ0) is 14.0. The maximum Gasteiger partial charge on any atom is 0.418 e. The van der Waals surface area contributed by atoms with Crippen molar-refractivity contribution in [2.24, 2.45) is 5.92 Å². The highest BCUT2D eigenvalue weighted by Gasteiger charge is 2.33. The van der Waals surface area contributed by atoms with Crippen molar-refractivity contribution in [2.75, 3.05) is 0 Å². The number of benzene rings is 1. The number of hydrogen-bond donors (Lipinski definition) is 0. The molecule has 0 saturated heterocycles. The summed E-state index contributed by atoms with van der Waals surface area (Å²) in [5.41, 5.74) is -0.299. The Morgan fingerprint density at radius 2 is 2.00 bits per heavy atom. The molecule has 0 amide bonds. The summed E-state index contributed by atoms with van der Waals surface area (Å²) < 4.78 is 38.7. The van der Waals surface area contributed by atoms with Gasteiger partial charge in [0.05, 0.1) is 17.1 Å². The number of rotatable bonds is 2. The first kappa shape index (κ1) is 13.3. The van der Waals surface area contributed by atoms with Crippen LogP contribution in [-0.4, -0.2) is 4.98 Å². The number of para-hydroxylation sites is 1. The van der Waals surface area contributed by atoms with Crippen molar-refractivity contribution in [3.05, 3.63) is 41.6 Å². The Morgan fingerprint density at radius 1 is 1.26 bits per heavy atom. The highest BCUT2D eigenvalue weighted by molar-refractivity contribution is 5.82. The minimum Gasteiger partial charge on any atom is -0.252 e. The van der Waals surface area contributed by atoms with Gasteiger partial charge in [-0.15, -0.1) is 0 Å². The summed E-state index contributed by atoms with van der Waals surface area (Å²) in [6.45, 7) is 1.71. The molecule has 2 aromatic rings. The largest absolute Gasteiger partial charge is 0.418 e. The van der Waals surface area contributed by atoms with Crippen LogP contribution in [0.15, 0.2) is 30.3 Å². The van der Waals surface area contributed by atoms with E-state index in [2.05, 4.69) is 4.98 Å². The molecule has 1 aromatic heterocycles. The summed E-state index contributed by atoms with van der Waals surface area (Å²) in [7, 11) is 0. The van der Waals surface area contributed by atoms with Gasteiger partial charge in [-0.3, -0.25) is 4.98 Å². The minimum atomic E-state index is -4.42. The lowest BCUT2D eigenvalue weighted by Gasteiger charge is -2.11. The van der Waals surface area contributed by atoms with E-state index in [1.54, 1.807) is 25.1 Å². The average molecular weight is 264 g/mol. The molecule has 0 N–H and O–H groups in total. The molecule has 0 saturated carbocycles. The summed E-state index contributed by atoms with van der Waals surface area (Å²) >= 11 is 0. The topological polar surface area (TPSA) is 36.7 Å². The maximum absolute atomic E-state index is 12.9. The van der Waals surface area contributed by atoms with Crippen LogP contribution in [0.25, 0.3) is 10.9 Å². The Hall–Kier alpha value is -2.09. The Balaban J connectivity index is 2.55. The third-order valence-electron chi connectivity index (χ3n) is 2.82. The van der Waals surface area contributed by atoms with Crippen molar-refractivity contribution in [3.63, 3.8) is 0 Å². The van der Waals surface area contributed by atoms with E-state index < -0.39 is 11.7 Å². The van der Waals surface area contributed by atoms with E-state index in [1.165, 1.54) is 6.07 Å². The van der Waals surface area contributed by atoms with E-state index in [0.29, 0.717) is 17.5 Å². The molecule has 0 spiro atoms. The molecule has 0 aliphatic heterocycles. The zero-order valence-corrected chi connectivity index (χ0v) is 10.2. The summed E-state index contributed by atoms with van der Waals surface area (Å²) in [5.74, 6) is -0.275. The van der Waals surface area contributed by atoms with Gasteiger partial charge in [0.2, 0.25) is 0 Å². The lowest BCUT2D eigenvalue weighted by molar-refractivity contribution is -0.136. The predicted octanol–water partition coefficient (Wildman–Crippen LogP) is 3.96. The van der Waals surface area contributed by atoms with Crippen molar-refractivity contribution < 1.29 is 13.2 Å². The minimum absolute atomic E-state index is 0.0577. The third kappa shape index (κ3) is 2.84. The fraction of sp³-hybridized carbons (Fsp3) is 0.286. The van der Waals surface area contributed by atoms with Crippen LogP contribution in [0.2, 0.25) is 0 Å². The van der Waals surface area contributed by atoms with Gasteiger partial charge in [0.1, 0.15) is 0 Å². The van der Waals surface area contributed by atoms with Gasteiger partial charge in [-0.2, -0.15) is 18.4 Å². The Kier molecular flexibility index (Phi) is 3.43. The van der Waals surface area contributed by atoms with Crippen LogP contribution in [0.5, 0.6) is 0 Å². The van der Waals surface area contributed by atoms with Gasteiger partial charge in [0.15, 0.2) is 0 Å². The molecule has 1 unspecified atom stereocenters. The number of nitrogens with zero attached hydrogens (tertiary/aromatic N) is 2. The molecule has 0 aliphatic carbocycles. The van der Waals surface area contributed by atoms with E-state index in [4.69, 9.17) is 5.26 Å². The first-order valence-electron chi connectivity index (χ1n) is 5.77. The monoisotopic (exact) mass is 264 g/mol. The number of aromatic nitrogens is 1. The van der Waals surface area contributed by atoms with E-state index in [0.717, 1.165) is 6.07 Å². The SMILES string of the molecule is CC(C#N)Cc1ccc2cccc(C(F)(F)F)c2n1. The zero-order valence-electron chi connectivity index (χ0n) is 10.2. The van der Waals surface area contributed by atoms with Crippen molar-refractivity contribution >= 4 is 10.9 Å². The van der Waals surface area contributed by atoms with Crippen LogP contribution in [0.4, 0.5) is 13.2 Å². The van der Waals surface area contributed by atoms with Crippen LogP contribution in [0.1, 0.15) is 18.2 Å². The highest BCUT2D eigenvalue weighted by atomic mass is 19.4. The van der Waals surface area contributed by atoms with Crippen molar-refractivity contribution in [2.45, 2.75) is 19.5 Å². The number of nitriles is 1. The fourth-order valence-electron chi connectivity index (χ4n) is 1.89. The summed E-state index contributed by atoms with van der Waals surface area (Å²) in [4.78, 5) is 4.06. The second kappa shape index (κ2) is 4.88. The number of alkyl halides is 3. The standard InChI is InChI=1S/C14H11F3N2/c1-9(8-18)7-11-6-5-10-3-2-4-12(13(10)19-11)14(15,16)17/h2-6,9H,7H2,1H3. The third-order valence-corrected chi connectivity index (χ3v) is 2.82. The van der Waals surface area contributed by atoms with Gasteiger partial charge >= 0.3 is 6.18 Å². The number of pyridine rings is 1. The van der Waals surface area contributed by atoms with Gasteiger partial charge in [-0.05, 0) is 19.1 Å².